The van der Waals surface area contributed by atoms with E-state index in [2.05, 4.69) is 22.5 Å². The molecule has 0 unspecified atom stereocenters. The van der Waals surface area contributed by atoms with Crippen molar-refractivity contribution in [2.45, 2.75) is 39.7 Å². The number of rotatable bonds is 5. The average molecular weight is 446 g/mol. The Labute approximate surface area is 188 Å². The van der Waals surface area contributed by atoms with Gasteiger partial charge in [0, 0.05) is 24.3 Å². The predicted molar refractivity (Wildman–Crippen MR) is 128 cm³/mol. The molecule has 5 nitrogen and oxygen atoms in total. The molecule has 160 valence electrons. The van der Waals surface area contributed by atoms with Crippen LogP contribution in [0.4, 0.5) is 11.4 Å². The Morgan fingerprint density at radius 2 is 1.93 bits per heavy atom. The van der Waals surface area contributed by atoms with E-state index in [1.165, 1.54) is 12.8 Å². The largest absolute Gasteiger partial charge is 0.491 e. The molecule has 0 saturated carbocycles. The molecule has 1 amide bonds. The Balaban J connectivity index is 1.59. The Hall–Kier alpha value is -2.31. The molecular weight excluding hydrogens is 418 g/mol. The summed E-state index contributed by atoms with van der Waals surface area (Å²) in [4.78, 5) is 14.8. The van der Waals surface area contributed by atoms with Crippen molar-refractivity contribution in [2.24, 2.45) is 5.92 Å². The van der Waals surface area contributed by atoms with Gasteiger partial charge in [0.2, 0.25) is 0 Å². The summed E-state index contributed by atoms with van der Waals surface area (Å²) in [5.74, 6) is 1.11. The Kier molecular flexibility index (Phi) is 7.56. The van der Waals surface area contributed by atoms with Gasteiger partial charge in [0.1, 0.15) is 5.75 Å². The summed E-state index contributed by atoms with van der Waals surface area (Å²) in [7, 11) is 0. The van der Waals surface area contributed by atoms with E-state index in [0.717, 1.165) is 30.4 Å². The van der Waals surface area contributed by atoms with Crippen molar-refractivity contribution in [1.82, 2.24) is 5.32 Å². The van der Waals surface area contributed by atoms with Gasteiger partial charge in [-0.2, -0.15) is 0 Å². The molecule has 1 saturated heterocycles. The van der Waals surface area contributed by atoms with E-state index in [0.29, 0.717) is 16.3 Å². The van der Waals surface area contributed by atoms with Gasteiger partial charge in [0.25, 0.3) is 5.91 Å². The van der Waals surface area contributed by atoms with Crippen LogP contribution >= 0.6 is 23.8 Å². The van der Waals surface area contributed by atoms with Gasteiger partial charge in [0.15, 0.2) is 5.11 Å². The summed E-state index contributed by atoms with van der Waals surface area (Å²) < 4.78 is 5.64. The van der Waals surface area contributed by atoms with E-state index >= 15 is 0 Å². The molecule has 2 aromatic rings. The highest BCUT2D eigenvalue weighted by Gasteiger charge is 2.18. The third-order valence-electron chi connectivity index (χ3n) is 5.02. The molecule has 0 aromatic heterocycles. The van der Waals surface area contributed by atoms with Crippen LogP contribution in [0.1, 0.15) is 44.0 Å². The van der Waals surface area contributed by atoms with Crippen LogP contribution in [-0.4, -0.2) is 30.2 Å². The van der Waals surface area contributed by atoms with Crippen molar-refractivity contribution in [1.29, 1.82) is 0 Å². The quantitative estimate of drug-likeness (QED) is 0.596. The fourth-order valence-electron chi connectivity index (χ4n) is 3.41. The summed E-state index contributed by atoms with van der Waals surface area (Å²) in [6.07, 6.45) is 2.39. The van der Waals surface area contributed by atoms with Crippen molar-refractivity contribution >= 4 is 46.2 Å². The van der Waals surface area contributed by atoms with Crippen LogP contribution in [0.2, 0.25) is 5.02 Å². The molecule has 0 aliphatic carbocycles. The molecule has 1 aliphatic heterocycles. The first kappa shape index (κ1) is 22.4. The summed E-state index contributed by atoms with van der Waals surface area (Å²) >= 11 is 11.8. The molecule has 30 heavy (non-hydrogen) atoms. The second-order valence-electron chi connectivity index (χ2n) is 7.94. The van der Waals surface area contributed by atoms with Crippen LogP contribution in [0.3, 0.4) is 0 Å². The lowest BCUT2D eigenvalue weighted by atomic mass is 9.99. The second kappa shape index (κ2) is 10.1. The number of anilines is 2. The minimum Gasteiger partial charge on any atom is -0.491 e. The Bertz CT molecular complexity index is 911. The zero-order chi connectivity index (χ0) is 21.7. The molecule has 2 N–H and O–H groups in total. The third kappa shape index (κ3) is 6.09. The first-order chi connectivity index (χ1) is 14.3. The minimum atomic E-state index is -0.299. The number of ether oxygens (including phenoxy) is 1. The number of thiocarbonyl (C=S) groups is 1. The maximum absolute atomic E-state index is 12.5. The van der Waals surface area contributed by atoms with E-state index in [9.17, 15) is 4.79 Å². The number of nitrogens with zero attached hydrogens (tertiary/aromatic N) is 1. The molecule has 1 aliphatic rings. The number of halogens is 1. The van der Waals surface area contributed by atoms with Crippen LogP contribution in [0.25, 0.3) is 0 Å². The Morgan fingerprint density at radius 1 is 1.20 bits per heavy atom. The highest BCUT2D eigenvalue weighted by molar-refractivity contribution is 7.80. The fourth-order valence-corrected chi connectivity index (χ4v) is 3.92. The standard InChI is InChI=1S/C23H28ClN3O2S/c1-15(2)29-19-6-4-5-17(13-19)22(28)26-23(30)25-18-7-8-21(20(24)14-18)27-11-9-16(3)10-12-27/h4-8,13-16H,9-12H2,1-3H3,(H2,25,26,28,30). The highest BCUT2D eigenvalue weighted by Crippen LogP contribution is 2.31. The molecule has 7 heteroatoms. The maximum Gasteiger partial charge on any atom is 0.257 e. The number of hydrogen-bond donors (Lipinski definition) is 2. The van der Waals surface area contributed by atoms with Gasteiger partial charge in [-0.05, 0) is 81.2 Å². The molecule has 0 radical (unpaired) electrons. The van der Waals surface area contributed by atoms with Crippen molar-refractivity contribution in [3.63, 3.8) is 0 Å². The molecular formula is C23H28ClN3O2S. The number of carbonyl (C=O) groups is 1. The van der Waals surface area contributed by atoms with E-state index in [4.69, 9.17) is 28.6 Å². The highest BCUT2D eigenvalue weighted by atomic mass is 35.5. The summed E-state index contributed by atoms with van der Waals surface area (Å²) in [5, 5.41) is 6.62. The van der Waals surface area contributed by atoms with Gasteiger partial charge < -0.3 is 15.0 Å². The lowest BCUT2D eigenvalue weighted by Crippen LogP contribution is -2.34. The topological polar surface area (TPSA) is 53.6 Å². The van der Waals surface area contributed by atoms with Gasteiger partial charge in [-0.15, -0.1) is 0 Å². The smallest absolute Gasteiger partial charge is 0.257 e. The van der Waals surface area contributed by atoms with Crippen LogP contribution in [0, 0.1) is 5.92 Å². The first-order valence-corrected chi connectivity index (χ1v) is 11.0. The predicted octanol–water partition coefficient (Wildman–Crippen LogP) is 5.49. The molecule has 3 rings (SSSR count). The first-order valence-electron chi connectivity index (χ1n) is 10.3. The number of carbonyl (C=O) groups excluding carboxylic acids is 1. The summed E-state index contributed by atoms with van der Waals surface area (Å²) in [6, 6.07) is 12.8. The van der Waals surface area contributed by atoms with Gasteiger partial charge in [-0.1, -0.05) is 24.6 Å². The Morgan fingerprint density at radius 3 is 2.60 bits per heavy atom. The van der Waals surface area contributed by atoms with E-state index in [-0.39, 0.29) is 17.1 Å². The molecule has 0 bridgehead atoms. The van der Waals surface area contributed by atoms with Crippen molar-refractivity contribution in [2.75, 3.05) is 23.3 Å². The normalized spacial score (nSPS) is 14.5. The van der Waals surface area contributed by atoms with E-state index in [1.54, 1.807) is 18.2 Å². The number of hydrogen-bond acceptors (Lipinski definition) is 4. The zero-order valence-electron chi connectivity index (χ0n) is 17.6. The minimum absolute atomic E-state index is 0.0344. The van der Waals surface area contributed by atoms with Crippen LogP contribution in [0.5, 0.6) is 5.75 Å². The fraction of sp³-hybridized carbons (Fsp3) is 0.391. The van der Waals surface area contributed by atoms with E-state index in [1.807, 2.05) is 38.1 Å². The third-order valence-corrected chi connectivity index (χ3v) is 5.53. The zero-order valence-corrected chi connectivity index (χ0v) is 19.1. The van der Waals surface area contributed by atoms with Crippen LogP contribution in [-0.2, 0) is 0 Å². The molecule has 1 fully saturated rings. The average Bonchev–Trinajstić information content (AvgIpc) is 2.68. The number of benzene rings is 2. The van der Waals surface area contributed by atoms with Gasteiger partial charge in [-0.3, -0.25) is 10.1 Å². The SMILES string of the molecule is CC1CCN(c2ccc(NC(=S)NC(=O)c3cccc(OC(C)C)c3)cc2Cl)CC1. The monoisotopic (exact) mass is 445 g/mol. The number of nitrogens with one attached hydrogen (secondary N) is 2. The van der Waals surface area contributed by atoms with Crippen LogP contribution in [0.15, 0.2) is 42.5 Å². The van der Waals surface area contributed by atoms with Gasteiger partial charge >= 0.3 is 0 Å². The summed E-state index contributed by atoms with van der Waals surface area (Å²) in [5.41, 5.74) is 2.24. The second-order valence-corrected chi connectivity index (χ2v) is 8.75. The molecule has 2 aromatic carbocycles. The maximum atomic E-state index is 12.5. The molecule has 0 atom stereocenters. The number of piperidine rings is 1. The van der Waals surface area contributed by atoms with Gasteiger partial charge in [0.05, 0.1) is 16.8 Å². The van der Waals surface area contributed by atoms with Crippen molar-refractivity contribution < 1.29 is 9.53 Å². The molecule has 1 heterocycles. The van der Waals surface area contributed by atoms with Crippen molar-refractivity contribution in [3.8, 4) is 5.75 Å². The van der Waals surface area contributed by atoms with E-state index < -0.39 is 0 Å². The van der Waals surface area contributed by atoms with Crippen LogP contribution < -0.4 is 20.3 Å². The van der Waals surface area contributed by atoms with Gasteiger partial charge in [-0.25, -0.2) is 0 Å². The summed E-state index contributed by atoms with van der Waals surface area (Å²) in [6.45, 7) is 8.19. The number of amides is 1. The lowest BCUT2D eigenvalue weighted by molar-refractivity contribution is 0.0977. The van der Waals surface area contributed by atoms with Crippen molar-refractivity contribution in [3.05, 3.63) is 53.1 Å². The lowest BCUT2D eigenvalue weighted by Gasteiger charge is -2.32. The molecule has 0 spiro atoms.